The first-order valence-corrected chi connectivity index (χ1v) is 7.71. The zero-order valence-electron chi connectivity index (χ0n) is 10.6. The molecule has 0 spiro atoms. The van der Waals surface area contributed by atoms with Crippen LogP contribution in [0.15, 0.2) is 6.07 Å². The summed E-state index contributed by atoms with van der Waals surface area (Å²) in [6.07, 6.45) is 1.50. The lowest BCUT2D eigenvalue weighted by Crippen LogP contribution is -2.25. The van der Waals surface area contributed by atoms with E-state index in [0.717, 1.165) is 18.7 Å². The highest BCUT2D eigenvalue weighted by Gasteiger charge is 2.30. The van der Waals surface area contributed by atoms with E-state index in [1.807, 2.05) is 0 Å². The molecule has 1 aliphatic rings. The van der Waals surface area contributed by atoms with Crippen molar-refractivity contribution in [2.75, 3.05) is 30.0 Å². The second kappa shape index (κ2) is 5.09. The minimum Gasteiger partial charge on any atom is -0.373 e. The van der Waals surface area contributed by atoms with Crippen molar-refractivity contribution in [3.8, 4) is 0 Å². The van der Waals surface area contributed by atoms with Gasteiger partial charge >= 0.3 is 0 Å². The number of rotatable bonds is 4. The number of nitrogens with one attached hydrogen (secondary N) is 2. The second-order valence-corrected chi connectivity index (χ2v) is 6.85. The van der Waals surface area contributed by atoms with Crippen LogP contribution in [-0.2, 0) is 9.84 Å². The van der Waals surface area contributed by atoms with Crippen molar-refractivity contribution >= 4 is 21.5 Å². The molecule has 0 bridgehead atoms. The third-order valence-corrected chi connectivity index (χ3v) is 5.34. The van der Waals surface area contributed by atoms with E-state index in [-0.39, 0.29) is 5.25 Å². The molecule has 1 saturated heterocycles. The van der Waals surface area contributed by atoms with Crippen molar-refractivity contribution in [1.29, 1.82) is 0 Å². The molecule has 1 fully saturated rings. The van der Waals surface area contributed by atoms with Crippen LogP contribution < -0.4 is 10.6 Å². The van der Waals surface area contributed by atoms with Gasteiger partial charge in [-0.3, -0.25) is 0 Å². The van der Waals surface area contributed by atoms with Crippen LogP contribution in [0.3, 0.4) is 0 Å². The maximum Gasteiger partial charge on any atom is 0.154 e. The van der Waals surface area contributed by atoms with E-state index in [1.165, 1.54) is 0 Å². The van der Waals surface area contributed by atoms with E-state index < -0.39 is 9.84 Å². The largest absolute Gasteiger partial charge is 0.373 e. The van der Waals surface area contributed by atoms with Crippen LogP contribution >= 0.6 is 0 Å². The standard InChI is InChI=1S/C11H18N4O2S/c1-8-14-10(12-2)6-11(15-8)13-7-9-4-3-5-18(9,16)17/h6,9H,3-5,7H2,1-2H3,(H2,12,13,14,15). The second-order valence-electron chi connectivity index (χ2n) is 4.45. The van der Waals surface area contributed by atoms with Gasteiger partial charge in [-0.25, -0.2) is 18.4 Å². The molecule has 0 radical (unpaired) electrons. The number of sulfone groups is 1. The molecule has 0 aromatic carbocycles. The first kappa shape index (κ1) is 13.1. The van der Waals surface area contributed by atoms with Gasteiger partial charge in [-0.1, -0.05) is 0 Å². The van der Waals surface area contributed by atoms with E-state index in [4.69, 9.17) is 0 Å². The monoisotopic (exact) mass is 270 g/mol. The predicted molar refractivity (Wildman–Crippen MR) is 71.6 cm³/mol. The summed E-state index contributed by atoms with van der Waals surface area (Å²) in [5.74, 6) is 2.34. The van der Waals surface area contributed by atoms with Crippen LogP contribution in [0.4, 0.5) is 11.6 Å². The fourth-order valence-electron chi connectivity index (χ4n) is 2.09. The molecule has 1 aromatic rings. The summed E-state index contributed by atoms with van der Waals surface area (Å²) in [5, 5.41) is 5.74. The molecule has 0 amide bonds. The summed E-state index contributed by atoms with van der Waals surface area (Å²) in [5.41, 5.74) is 0. The zero-order valence-corrected chi connectivity index (χ0v) is 11.4. The Labute approximate surface area is 107 Å². The third kappa shape index (κ3) is 2.90. The van der Waals surface area contributed by atoms with Gasteiger partial charge in [-0.2, -0.15) is 0 Å². The SMILES string of the molecule is CNc1cc(NCC2CCCS2(=O)=O)nc(C)n1. The van der Waals surface area contributed by atoms with E-state index in [0.29, 0.717) is 23.9 Å². The molecule has 2 heterocycles. The quantitative estimate of drug-likeness (QED) is 0.842. The highest BCUT2D eigenvalue weighted by atomic mass is 32.2. The van der Waals surface area contributed by atoms with Crippen LogP contribution in [-0.4, -0.2) is 43.0 Å². The minimum atomic E-state index is -2.90. The smallest absolute Gasteiger partial charge is 0.154 e. The van der Waals surface area contributed by atoms with Gasteiger partial charge in [0.05, 0.1) is 11.0 Å². The number of anilines is 2. The normalized spacial score (nSPS) is 21.8. The highest BCUT2D eigenvalue weighted by molar-refractivity contribution is 7.92. The first-order chi connectivity index (χ1) is 8.51. The summed E-state index contributed by atoms with van der Waals surface area (Å²) in [4.78, 5) is 8.41. The Balaban J connectivity index is 2.04. The number of aromatic nitrogens is 2. The van der Waals surface area contributed by atoms with Gasteiger partial charge in [0.25, 0.3) is 0 Å². The van der Waals surface area contributed by atoms with Gasteiger partial charge in [0, 0.05) is 19.7 Å². The predicted octanol–water partition coefficient (Wildman–Crippen LogP) is 0.816. The molecule has 2 rings (SSSR count). The fourth-order valence-corrected chi connectivity index (χ4v) is 3.86. The van der Waals surface area contributed by atoms with Crippen LogP contribution in [0.5, 0.6) is 0 Å². The van der Waals surface area contributed by atoms with Crippen LogP contribution in [0.1, 0.15) is 18.7 Å². The molecule has 1 atom stereocenters. The molecule has 1 unspecified atom stereocenters. The third-order valence-electron chi connectivity index (χ3n) is 3.07. The lowest BCUT2D eigenvalue weighted by molar-refractivity contribution is 0.591. The molecule has 18 heavy (non-hydrogen) atoms. The van der Waals surface area contributed by atoms with Crippen molar-refractivity contribution in [1.82, 2.24) is 9.97 Å². The van der Waals surface area contributed by atoms with Crippen molar-refractivity contribution in [2.45, 2.75) is 25.0 Å². The number of hydrogen-bond donors (Lipinski definition) is 2. The molecule has 100 valence electrons. The average molecular weight is 270 g/mol. The highest BCUT2D eigenvalue weighted by Crippen LogP contribution is 2.20. The maximum absolute atomic E-state index is 11.7. The molecule has 7 heteroatoms. The molecule has 6 nitrogen and oxygen atoms in total. The van der Waals surface area contributed by atoms with Crippen LogP contribution in [0.2, 0.25) is 0 Å². The molecule has 1 aromatic heterocycles. The first-order valence-electron chi connectivity index (χ1n) is 6.00. The summed E-state index contributed by atoms with van der Waals surface area (Å²) >= 11 is 0. The van der Waals surface area contributed by atoms with E-state index >= 15 is 0 Å². The lowest BCUT2D eigenvalue weighted by Gasteiger charge is -2.12. The average Bonchev–Trinajstić information content (AvgIpc) is 2.65. The summed E-state index contributed by atoms with van der Waals surface area (Å²) in [6.45, 7) is 2.22. The Morgan fingerprint density at radius 1 is 1.39 bits per heavy atom. The van der Waals surface area contributed by atoms with E-state index in [1.54, 1.807) is 20.0 Å². The molecule has 0 saturated carbocycles. The van der Waals surface area contributed by atoms with Crippen molar-refractivity contribution in [3.63, 3.8) is 0 Å². The van der Waals surface area contributed by atoms with Crippen molar-refractivity contribution in [2.24, 2.45) is 0 Å². The van der Waals surface area contributed by atoms with Gasteiger partial charge < -0.3 is 10.6 Å². The Hall–Kier alpha value is -1.37. The summed E-state index contributed by atoms with van der Waals surface area (Å²) in [7, 11) is -1.12. The van der Waals surface area contributed by atoms with Gasteiger partial charge in [-0.05, 0) is 19.8 Å². The van der Waals surface area contributed by atoms with E-state index in [2.05, 4.69) is 20.6 Å². The zero-order chi connectivity index (χ0) is 13.2. The molecule has 2 N–H and O–H groups in total. The summed E-state index contributed by atoms with van der Waals surface area (Å²) < 4.78 is 23.4. The summed E-state index contributed by atoms with van der Waals surface area (Å²) in [6, 6.07) is 1.77. The van der Waals surface area contributed by atoms with Crippen molar-refractivity contribution in [3.05, 3.63) is 11.9 Å². The molecule has 0 aliphatic carbocycles. The number of nitrogens with zero attached hydrogens (tertiary/aromatic N) is 2. The Morgan fingerprint density at radius 2 is 2.11 bits per heavy atom. The maximum atomic E-state index is 11.7. The number of aryl methyl sites for hydroxylation is 1. The molecular weight excluding hydrogens is 252 g/mol. The van der Waals surface area contributed by atoms with Gasteiger partial charge in [0.15, 0.2) is 9.84 Å². The van der Waals surface area contributed by atoms with Gasteiger partial charge in [-0.15, -0.1) is 0 Å². The minimum absolute atomic E-state index is 0.286. The lowest BCUT2D eigenvalue weighted by atomic mass is 10.2. The van der Waals surface area contributed by atoms with Gasteiger partial charge in [0.1, 0.15) is 17.5 Å². The van der Waals surface area contributed by atoms with Crippen molar-refractivity contribution < 1.29 is 8.42 Å². The fraction of sp³-hybridized carbons (Fsp3) is 0.636. The Kier molecular flexibility index (Phi) is 3.70. The Morgan fingerprint density at radius 3 is 2.72 bits per heavy atom. The van der Waals surface area contributed by atoms with E-state index in [9.17, 15) is 8.42 Å². The molecular formula is C11H18N4O2S. The Bertz CT molecular complexity index is 530. The van der Waals surface area contributed by atoms with Crippen LogP contribution in [0, 0.1) is 6.92 Å². The van der Waals surface area contributed by atoms with Crippen LogP contribution in [0.25, 0.3) is 0 Å². The van der Waals surface area contributed by atoms with Gasteiger partial charge in [0.2, 0.25) is 0 Å². The topological polar surface area (TPSA) is 84.0 Å². The number of hydrogen-bond acceptors (Lipinski definition) is 6. The molecule has 1 aliphatic heterocycles.